The van der Waals surface area contributed by atoms with E-state index in [4.69, 9.17) is 5.73 Å². The van der Waals surface area contributed by atoms with Gasteiger partial charge in [0.2, 0.25) is 5.91 Å². The Labute approximate surface area is 146 Å². The standard InChI is InChI=1S/C18H23N5O2/c1-22-10-8-20-17(18(22)25)23-9-2-3-15(12-23)21-11-13-4-6-14(7-5-13)16(19)24/h4-8,10,15,21H,2-3,9,11-12H2,1H3,(H2,19,24)/t15-/m0/s1. The predicted molar refractivity (Wildman–Crippen MR) is 96.5 cm³/mol. The summed E-state index contributed by atoms with van der Waals surface area (Å²) in [7, 11) is 1.74. The Bertz CT molecular complexity index is 800. The number of aryl methyl sites for hydroxylation is 1. The number of aromatic nitrogens is 2. The van der Waals surface area contributed by atoms with Gasteiger partial charge >= 0.3 is 0 Å². The number of rotatable bonds is 5. The van der Waals surface area contributed by atoms with Crippen LogP contribution in [-0.2, 0) is 13.6 Å². The van der Waals surface area contributed by atoms with Gasteiger partial charge < -0.3 is 20.5 Å². The second-order valence-corrected chi connectivity index (χ2v) is 6.39. The zero-order valence-corrected chi connectivity index (χ0v) is 14.3. The number of hydrogen-bond acceptors (Lipinski definition) is 5. The molecule has 3 N–H and O–H groups in total. The molecule has 1 atom stereocenters. The molecule has 1 aliphatic rings. The molecule has 0 bridgehead atoms. The third kappa shape index (κ3) is 4.06. The van der Waals surface area contributed by atoms with Gasteiger partial charge in [-0.2, -0.15) is 0 Å². The molecule has 1 aliphatic heterocycles. The number of amides is 1. The van der Waals surface area contributed by atoms with E-state index in [9.17, 15) is 9.59 Å². The second-order valence-electron chi connectivity index (χ2n) is 6.39. The highest BCUT2D eigenvalue weighted by molar-refractivity contribution is 5.92. The highest BCUT2D eigenvalue weighted by Gasteiger charge is 2.22. The summed E-state index contributed by atoms with van der Waals surface area (Å²) in [5, 5.41) is 3.53. The minimum atomic E-state index is -0.417. The molecule has 1 amide bonds. The number of hydrogen-bond donors (Lipinski definition) is 2. The number of nitrogens with zero attached hydrogens (tertiary/aromatic N) is 3. The van der Waals surface area contributed by atoms with E-state index in [1.54, 1.807) is 36.1 Å². The lowest BCUT2D eigenvalue weighted by molar-refractivity contribution is 0.100. The highest BCUT2D eigenvalue weighted by atomic mass is 16.1. The molecule has 7 heteroatoms. The minimum absolute atomic E-state index is 0.0646. The minimum Gasteiger partial charge on any atom is -0.366 e. The first kappa shape index (κ1) is 17.2. The maximum absolute atomic E-state index is 12.2. The lowest BCUT2D eigenvalue weighted by Gasteiger charge is -2.33. The molecule has 0 radical (unpaired) electrons. The Kier molecular flexibility index (Phi) is 5.14. The van der Waals surface area contributed by atoms with Crippen molar-refractivity contribution in [3.05, 3.63) is 58.1 Å². The van der Waals surface area contributed by atoms with Gasteiger partial charge in [0.25, 0.3) is 5.56 Å². The van der Waals surface area contributed by atoms with Crippen molar-refractivity contribution in [1.29, 1.82) is 0 Å². The van der Waals surface area contributed by atoms with Crippen LogP contribution in [0, 0.1) is 0 Å². The molecule has 0 aliphatic carbocycles. The smallest absolute Gasteiger partial charge is 0.293 e. The molecule has 0 saturated carbocycles. The first-order valence-electron chi connectivity index (χ1n) is 8.43. The summed E-state index contributed by atoms with van der Waals surface area (Å²) in [5.41, 5.74) is 6.80. The van der Waals surface area contributed by atoms with E-state index in [0.29, 0.717) is 17.9 Å². The van der Waals surface area contributed by atoms with Crippen LogP contribution in [0.25, 0.3) is 0 Å². The van der Waals surface area contributed by atoms with E-state index >= 15 is 0 Å². The summed E-state index contributed by atoms with van der Waals surface area (Å²) >= 11 is 0. The molecule has 132 valence electrons. The SMILES string of the molecule is Cn1ccnc(N2CCC[C@H](NCc3ccc(C(N)=O)cc3)C2)c1=O. The Balaban J connectivity index is 1.61. The molecule has 1 aromatic heterocycles. The van der Waals surface area contributed by atoms with Crippen molar-refractivity contribution in [1.82, 2.24) is 14.9 Å². The normalized spacial score (nSPS) is 17.5. The fraction of sp³-hybridized carbons (Fsp3) is 0.389. The zero-order chi connectivity index (χ0) is 17.8. The van der Waals surface area contributed by atoms with Crippen LogP contribution >= 0.6 is 0 Å². The number of anilines is 1. The van der Waals surface area contributed by atoms with Crippen molar-refractivity contribution in [3.63, 3.8) is 0 Å². The second kappa shape index (κ2) is 7.48. The number of carbonyl (C=O) groups excluding carboxylic acids is 1. The summed E-state index contributed by atoms with van der Waals surface area (Å²) in [5.74, 6) is 0.0988. The van der Waals surface area contributed by atoms with E-state index in [0.717, 1.165) is 31.5 Å². The van der Waals surface area contributed by atoms with Gasteiger partial charge in [0, 0.05) is 50.7 Å². The highest BCUT2D eigenvalue weighted by Crippen LogP contribution is 2.15. The summed E-state index contributed by atoms with van der Waals surface area (Å²) in [6, 6.07) is 7.58. The lowest BCUT2D eigenvalue weighted by Crippen LogP contribution is -2.47. The van der Waals surface area contributed by atoms with Crippen molar-refractivity contribution in [3.8, 4) is 0 Å². The molecule has 1 aromatic carbocycles. The summed E-state index contributed by atoms with van der Waals surface area (Å²) in [6.45, 7) is 2.31. The van der Waals surface area contributed by atoms with E-state index < -0.39 is 5.91 Å². The van der Waals surface area contributed by atoms with Gasteiger partial charge in [-0.3, -0.25) is 9.59 Å². The Morgan fingerprint density at radius 2 is 2.12 bits per heavy atom. The number of nitrogens with two attached hydrogens (primary N) is 1. The lowest BCUT2D eigenvalue weighted by atomic mass is 10.0. The van der Waals surface area contributed by atoms with Crippen LogP contribution in [0.4, 0.5) is 5.82 Å². The van der Waals surface area contributed by atoms with E-state index in [-0.39, 0.29) is 11.6 Å². The molecule has 1 fully saturated rings. The molecule has 3 rings (SSSR count). The molecular weight excluding hydrogens is 318 g/mol. The molecule has 0 spiro atoms. The van der Waals surface area contributed by atoms with Gasteiger partial charge in [0.05, 0.1) is 0 Å². The zero-order valence-electron chi connectivity index (χ0n) is 14.3. The third-order valence-corrected chi connectivity index (χ3v) is 4.55. The number of benzene rings is 1. The fourth-order valence-electron chi connectivity index (χ4n) is 3.09. The van der Waals surface area contributed by atoms with Gasteiger partial charge in [0.15, 0.2) is 5.82 Å². The maximum Gasteiger partial charge on any atom is 0.293 e. The van der Waals surface area contributed by atoms with Crippen LogP contribution in [-0.4, -0.2) is 34.6 Å². The number of carbonyl (C=O) groups is 1. The number of primary amides is 1. The largest absolute Gasteiger partial charge is 0.366 e. The summed E-state index contributed by atoms with van der Waals surface area (Å²) in [6.07, 6.45) is 5.40. The maximum atomic E-state index is 12.2. The van der Waals surface area contributed by atoms with Gasteiger partial charge in [-0.1, -0.05) is 12.1 Å². The summed E-state index contributed by atoms with van der Waals surface area (Å²) < 4.78 is 1.56. The van der Waals surface area contributed by atoms with Crippen LogP contribution in [0.2, 0.25) is 0 Å². The average molecular weight is 341 g/mol. The van der Waals surface area contributed by atoms with Gasteiger partial charge in [-0.05, 0) is 30.5 Å². The van der Waals surface area contributed by atoms with Crippen molar-refractivity contribution in [2.75, 3.05) is 18.0 Å². The first-order chi connectivity index (χ1) is 12.0. The first-order valence-corrected chi connectivity index (χ1v) is 8.43. The van der Waals surface area contributed by atoms with Gasteiger partial charge in [-0.25, -0.2) is 4.98 Å². The van der Waals surface area contributed by atoms with Crippen LogP contribution in [0.15, 0.2) is 41.5 Å². The van der Waals surface area contributed by atoms with E-state index in [2.05, 4.69) is 15.2 Å². The van der Waals surface area contributed by atoms with Crippen LogP contribution in [0.1, 0.15) is 28.8 Å². The Morgan fingerprint density at radius 1 is 1.36 bits per heavy atom. The monoisotopic (exact) mass is 341 g/mol. The van der Waals surface area contributed by atoms with Crippen molar-refractivity contribution >= 4 is 11.7 Å². The molecule has 25 heavy (non-hydrogen) atoms. The predicted octanol–water partition coefficient (Wildman–Crippen LogP) is 0.638. The van der Waals surface area contributed by atoms with Gasteiger partial charge in [0.1, 0.15) is 0 Å². The molecule has 2 heterocycles. The fourth-order valence-corrected chi connectivity index (χ4v) is 3.09. The summed E-state index contributed by atoms with van der Waals surface area (Å²) in [4.78, 5) is 29.7. The Morgan fingerprint density at radius 3 is 2.84 bits per heavy atom. The molecular formula is C18H23N5O2. The van der Waals surface area contributed by atoms with E-state index in [1.165, 1.54) is 0 Å². The quantitative estimate of drug-likeness (QED) is 0.832. The average Bonchev–Trinajstić information content (AvgIpc) is 2.63. The van der Waals surface area contributed by atoms with Crippen molar-refractivity contribution in [2.24, 2.45) is 12.8 Å². The van der Waals surface area contributed by atoms with Crippen LogP contribution in [0.5, 0.6) is 0 Å². The topological polar surface area (TPSA) is 93.2 Å². The van der Waals surface area contributed by atoms with Gasteiger partial charge in [-0.15, -0.1) is 0 Å². The molecule has 0 unspecified atom stereocenters. The van der Waals surface area contributed by atoms with Crippen molar-refractivity contribution in [2.45, 2.75) is 25.4 Å². The molecule has 7 nitrogen and oxygen atoms in total. The van der Waals surface area contributed by atoms with Crippen molar-refractivity contribution < 1.29 is 4.79 Å². The van der Waals surface area contributed by atoms with Crippen LogP contribution in [0.3, 0.4) is 0 Å². The van der Waals surface area contributed by atoms with E-state index in [1.807, 2.05) is 12.1 Å². The number of nitrogens with one attached hydrogen (secondary N) is 1. The number of piperidine rings is 1. The van der Waals surface area contributed by atoms with Crippen LogP contribution < -0.4 is 21.5 Å². The molecule has 1 saturated heterocycles. The third-order valence-electron chi connectivity index (χ3n) is 4.55. The molecule has 2 aromatic rings. The Hall–Kier alpha value is -2.67.